The second kappa shape index (κ2) is 7.65. The Kier molecular flexibility index (Phi) is 5.06. The first-order valence-corrected chi connectivity index (χ1v) is 9.61. The number of rotatable bonds is 6. The van der Waals surface area contributed by atoms with Gasteiger partial charge in [0, 0.05) is 30.5 Å². The van der Waals surface area contributed by atoms with Crippen molar-refractivity contribution in [3.05, 3.63) is 65.4 Å². The fraction of sp³-hybridized carbons (Fsp3) is 0.200. The van der Waals surface area contributed by atoms with Crippen LogP contribution in [0.5, 0.6) is 0 Å². The third-order valence-corrected chi connectivity index (χ3v) is 5.46. The molecule has 1 aliphatic heterocycles. The molecule has 0 saturated carbocycles. The van der Waals surface area contributed by atoms with E-state index in [1.54, 1.807) is 6.20 Å². The van der Waals surface area contributed by atoms with E-state index in [1.165, 1.54) is 23.5 Å². The van der Waals surface area contributed by atoms with Crippen molar-refractivity contribution >= 4 is 28.1 Å². The molecule has 4 N–H and O–H groups in total. The Morgan fingerprint density at radius 3 is 2.79 bits per heavy atom. The van der Waals surface area contributed by atoms with Gasteiger partial charge in [0.2, 0.25) is 5.91 Å². The summed E-state index contributed by atoms with van der Waals surface area (Å²) in [5, 5.41) is 6.70. The van der Waals surface area contributed by atoms with Crippen molar-refractivity contribution in [2.24, 2.45) is 5.73 Å². The molecule has 0 spiro atoms. The standard InChI is InChI=1S/C20H18F2N4OS/c21-14-3-11(4-15(22)8-14)5-16(23)9-24-20-25-10-18(28-20)12-1-2-17-13(6-12)7-19(27)26-17/h1-4,6,8,10,16H,5,7,9,23H2,(H,24,25)(H,26,27). The molecule has 3 aromatic rings. The van der Waals surface area contributed by atoms with Crippen molar-refractivity contribution in [3.63, 3.8) is 0 Å². The van der Waals surface area contributed by atoms with Crippen LogP contribution < -0.4 is 16.4 Å². The Hall–Kier alpha value is -2.84. The second-order valence-corrected chi connectivity index (χ2v) is 7.78. The van der Waals surface area contributed by atoms with Gasteiger partial charge in [-0.05, 0) is 47.4 Å². The Morgan fingerprint density at radius 2 is 2.00 bits per heavy atom. The van der Waals surface area contributed by atoms with Gasteiger partial charge in [0.25, 0.3) is 0 Å². The number of halogens is 2. The summed E-state index contributed by atoms with van der Waals surface area (Å²) in [5.41, 5.74) is 9.44. The van der Waals surface area contributed by atoms with Crippen LogP contribution >= 0.6 is 11.3 Å². The maximum Gasteiger partial charge on any atom is 0.228 e. The Labute approximate surface area is 164 Å². The van der Waals surface area contributed by atoms with Crippen molar-refractivity contribution in [2.45, 2.75) is 18.9 Å². The molecule has 1 atom stereocenters. The van der Waals surface area contributed by atoms with Crippen molar-refractivity contribution in [1.82, 2.24) is 4.98 Å². The zero-order valence-electron chi connectivity index (χ0n) is 14.8. The van der Waals surface area contributed by atoms with E-state index < -0.39 is 11.6 Å². The van der Waals surface area contributed by atoms with Crippen LogP contribution in [0.2, 0.25) is 0 Å². The minimum Gasteiger partial charge on any atom is -0.360 e. The van der Waals surface area contributed by atoms with Crippen LogP contribution in [-0.4, -0.2) is 23.5 Å². The van der Waals surface area contributed by atoms with Crippen LogP contribution in [0, 0.1) is 11.6 Å². The molecule has 0 aliphatic carbocycles. The van der Waals surface area contributed by atoms with Crippen LogP contribution in [0.1, 0.15) is 11.1 Å². The number of nitrogens with two attached hydrogens (primary N) is 1. The molecule has 0 bridgehead atoms. The topological polar surface area (TPSA) is 80.0 Å². The lowest BCUT2D eigenvalue weighted by molar-refractivity contribution is -0.115. The van der Waals surface area contributed by atoms with Gasteiger partial charge in [-0.2, -0.15) is 0 Å². The molecular formula is C20H18F2N4OS. The predicted molar refractivity (Wildman–Crippen MR) is 106 cm³/mol. The Morgan fingerprint density at radius 1 is 1.21 bits per heavy atom. The molecule has 2 heterocycles. The van der Waals surface area contributed by atoms with E-state index in [0.29, 0.717) is 30.1 Å². The Balaban J connectivity index is 1.37. The SMILES string of the molecule is NC(CNc1ncc(-c2ccc3c(c2)CC(=O)N3)s1)Cc1cc(F)cc(F)c1. The number of hydrogen-bond donors (Lipinski definition) is 3. The first-order chi connectivity index (χ1) is 13.5. The summed E-state index contributed by atoms with van der Waals surface area (Å²) in [6.07, 6.45) is 2.51. The number of anilines is 2. The molecular weight excluding hydrogens is 382 g/mol. The smallest absolute Gasteiger partial charge is 0.228 e. The number of benzene rings is 2. The number of aromatic nitrogens is 1. The fourth-order valence-corrected chi connectivity index (χ4v) is 4.01. The highest BCUT2D eigenvalue weighted by Crippen LogP contribution is 2.33. The summed E-state index contributed by atoms with van der Waals surface area (Å²) in [6, 6.07) is 8.95. The molecule has 5 nitrogen and oxygen atoms in total. The largest absolute Gasteiger partial charge is 0.360 e. The third-order valence-electron chi connectivity index (χ3n) is 4.46. The van der Waals surface area contributed by atoms with Gasteiger partial charge < -0.3 is 16.4 Å². The highest BCUT2D eigenvalue weighted by atomic mass is 32.1. The lowest BCUT2D eigenvalue weighted by Gasteiger charge is -2.12. The van der Waals surface area contributed by atoms with Gasteiger partial charge in [-0.3, -0.25) is 4.79 Å². The third kappa shape index (κ3) is 4.18. The lowest BCUT2D eigenvalue weighted by Crippen LogP contribution is -2.31. The molecule has 8 heteroatoms. The summed E-state index contributed by atoms with van der Waals surface area (Å²) >= 11 is 1.48. The number of amides is 1. The molecule has 4 rings (SSSR count). The summed E-state index contributed by atoms with van der Waals surface area (Å²) in [5.74, 6) is -1.21. The number of nitrogens with zero attached hydrogens (tertiary/aromatic N) is 1. The molecule has 2 aromatic carbocycles. The number of thiazole rings is 1. The number of carbonyl (C=O) groups is 1. The minimum atomic E-state index is -0.606. The summed E-state index contributed by atoms with van der Waals surface area (Å²) in [4.78, 5) is 16.8. The van der Waals surface area contributed by atoms with E-state index in [4.69, 9.17) is 5.73 Å². The molecule has 1 unspecified atom stereocenters. The molecule has 144 valence electrons. The molecule has 1 amide bonds. The zero-order valence-corrected chi connectivity index (χ0v) is 15.7. The molecule has 0 radical (unpaired) electrons. The maximum absolute atomic E-state index is 13.3. The van der Waals surface area contributed by atoms with E-state index in [9.17, 15) is 13.6 Å². The van der Waals surface area contributed by atoms with Crippen LogP contribution in [0.4, 0.5) is 19.6 Å². The minimum absolute atomic E-state index is 0.00553. The van der Waals surface area contributed by atoms with Crippen LogP contribution in [0.25, 0.3) is 10.4 Å². The predicted octanol–water partition coefficient (Wildman–Crippen LogP) is 3.56. The van der Waals surface area contributed by atoms with Gasteiger partial charge >= 0.3 is 0 Å². The van der Waals surface area contributed by atoms with Crippen molar-refractivity contribution < 1.29 is 13.6 Å². The van der Waals surface area contributed by atoms with Crippen molar-refractivity contribution in [2.75, 3.05) is 17.2 Å². The average Bonchev–Trinajstić information content (AvgIpc) is 3.23. The molecule has 28 heavy (non-hydrogen) atoms. The monoisotopic (exact) mass is 400 g/mol. The van der Waals surface area contributed by atoms with E-state index >= 15 is 0 Å². The van der Waals surface area contributed by atoms with E-state index in [0.717, 1.165) is 27.8 Å². The van der Waals surface area contributed by atoms with Gasteiger partial charge in [0.05, 0.1) is 11.3 Å². The quantitative estimate of drug-likeness (QED) is 0.591. The van der Waals surface area contributed by atoms with Crippen molar-refractivity contribution in [3.8, 4) is 10.4 Å². The average molecular weight is 400 g/mol. The Bertz CT molecular complexity index is 1020. The summed E-state index contributed by atoms with van der Waals surface area (Å²) in [6.45, 7) is 0.424. The zero-order chi connectivity index (χ0) is 19.7. The van der Waals surface area contributed by atoms with Gasteiger partial charge in [-0.25, -0.2) is 13.8 Å². The van der Waals surface area contributed by atoms with Gasteiger partial charge in [0.15, 0.2) is 5.13 Å². The van der Waals surface area contributed by atoms with Crippen LogP contribution in [0.3, 0.4) is 0 Å². The highest BCUT2D eigenvalue weighted by molar-refractivity contribution is 7.18. The summed E-state index contributed by atoms with van der Waals surface area (Å²) in [7, 11) is 0. The normalized spacial score (nSPS) is 13.9. The first-order valence-electron chi connectivity index (χ1n) is 8.79. The summed E-state index contributed by atoms with van der Waals surface area (Å²) < 4.78 is 26.5. The molecule has 1 aliphatic rings. The first kappa shape index (κ1) is 18.5. The van der Waals surface area contributed by atoms with Gasteiger partial charge in [0.1, 0.15) is 11.6 Å². The van der Waals surface area contributed by atoms with E-state index in [2.05, 4.69) is 15.6 Å². The van der Waals surface area contributed by atoms with Gasteiger partial charge in [-0.15, -0.1) is 0 Å². The van der Waals surface area contributed by atoms with E-state index in [1.807, 2.05) is 18.2 Å². The lowest BCUT2D eigenvalue weighted by atomic mass is 10.1. The van der Waals surface area contributed by atoms with Gasteiger partial charge in [-0.1, -0.05) is 17.4 Å². The number of carbonyl (C=O) groups excluding carboxylic acids is 1. The number of nitrogens with one attached hydrogen (secondary N) is 2. The van der Waals surface area contributed by atoms with E-state index in [-0.39, 0.29) is 11.9 Å². The highest BCUT2D eigenvalue weighted by Gasteiger charge is 2.18. The second-order valence-electron chi connectivity index (χ2n) is 6.75. The molecule has 0 fully saturated rings. The fourth-order valence-electron chi connectivity index (χ4n) is 3.19. The van der Waals surface area contributed by atoms with Crippen LogP contribution in [0.15, 0.2) is 42.6 Å². The van der Waals surface area contributed by atoms with Crippen LogP contribution in [-0.2, 0) is 17.6 Å². The maximum atomic E-state index is 13.3. The number of fused-ring (bicyclic) bond motifs is 1. The molecule has 0 saturated heterocycles. The number of hydrogen-bond acceptors (Lipinski definition) is 5. The molecule has 1 aromatic heterocycles. The van der Waals surface area contributed by atoms with Crippen molar-refractivity contribution in [1.29, 1.82) is 0 Å².